The highest BCUT2D eigenvalue weighted by Gasteiger charge is 2.14. The van der Waals surface area contributed by atoms with E-state index in [0.717, 1.165) is 25.9 Å². The zero-order valence-electron chi connectivity index (χ0n) is 7.24. The van der Waals surface area contributed by atoms with Crippen molar-refractivity contribution in [2.75, 3.05) is 19.8 Å². The molecule has 1 aliphatic rings. The molecule has 3 N–H and O–H groups in total. The van der Waals surface area contributed by atoms with E-state index in [1.54, 1.807) is 0 Å². The Morgan fingerprint density at radius 2 is 2.42 bits per heavy atom. The molecule has 0 radical (unpaired) electrons. The summed E-state index contributed by atoms with van der Waals surface area (Å²) >= 11 is 0. The minimum absolute atomic E-state index is 0.125. The lowest BCUT2D eigenvalue weighted by Gasteiger charge is -2.23. The highest BCUT2D eigenvalue weighted by Crippen LogP contribution is 2.13. The summed E-state index contributed by atoms with van der Waals surface area (Å²) in [6.45, 7) is 1.29. The van der Waals surface area contributed by atoms with Crippen LogP contribution in [-0.4, -0.2) is 37.3 Å². The van der Waals surface area contributed by atoms with Gasteiger partial charge >= 0.3 is 0 Å². The first-order valence-corrected chi connectivity index (χ1v) is 4.44. The zero-order valence-corrected chi connectivity index (χ0v) is 7.24. The molecule has 0 aromatic carbocycles. The molecule has 0 aliphatic carbocycles. The van der Waals surface area contributed by atoms with Gasteiger partial charge in [-0.3, -0.25) is 0 Å². The SMILES string of the molecule is NCC(O)COC1CCCCO1. The lowest BCUT2D eigenvalue weighted by molar-refractivity contribution is -0.174. The van der Waals surface area contributed by atoms with Crippen molar-refractivity contribution in [1.29, 1.82) is 0 Å². The number of hydrogen-bond acceptors (Lipinski definition) is 4. The minimum Gasteiger partial charge on any atom is -0.389 e. The number of ether oxygens (including phenoxy) is 2. The maximum absolute atomic E-state index is 9.08. The molecule has 0 amide bonds. The first-order chi connectivity index (χ1) is 5.83. The third-order valence-electron chi connectivity index (χ3n) is 1.88. The van der Waals surface area contributed by atoms with Crippen LogP contribution in [0.1, 0.15) is 19.3 Å². The summed E-state index contributed by atoms with van der Waals surface area (Å²) in [6.07, 6.45) is 2.50. The average Bonchev–Trinajstić information content (AvgIpc) is 2.16. The van der Waals surface area contributed by atoms with Crippen LogP contribution in [0.25, 0.3) is 0 Å². The lowest BCUT2D eigenvalue weighted by atomic mass is 10.2. The van der Waals surface area contributed by atoms with Gasteiger partial charge in [0.1, 0.15) is 0 Å². The Bertz CT molecular complexity index is 115. The van der Waals surface area contributed by atoms with E-state index in [4.69, 9.17) is 20.3 Å². The molecule has 0 bridgehead atoms. The molecule has 2 unspecified atom stereocenters. The molecule has 12 heavy (non-hydrogen) atoms. The fraction of sp³-hybridized carbons (Fsp3) is 1.00. The van der Waals surface area contributed by atoms with Crippen molar-refractivity contribution in [3.63, 3.8) is 0 Å². The van der Waals surface area contributed by atoms with Crippen molar-refractivity contribution < 1.29 is 14.6 Å². The first-order valence-electron chi connectivity index (χ1n) is 4.44. The Balaban J connectivity index is 2.05. The van der Waals surface area contributed by atoms with Gasteiger partial charge in [0.2, 0.25) is 0 Å². The summed E-state index contributed by atoms with van der Waals surface area (Å²) in [5.74, 6) is 0. The van der Waals surface area contributed by atoms with Crippen molar-refractivity contribution in [1.82, 2.24) is 0 Å². The highest BCUT2D eigenvalue weighted by atomic mass is 16.7. The quantitative estimate of drug-likeness (QED) is 0.623. The molecule has 72 valence electrons. The topological polar surface area (TPSA) is 64.7 Å². The van der Waals surface area contributed by atoms with Crippen LogP contribution in [0.5, 0.6) is 0 Å². The summed E-state index contributed by atoms with van der Waals surface area (Å²) in [5.41, 5.74) is 5.22. The van der Waals surface area contributed by atoms with E-state index >= 15 is 0 Å². The third kappa shape index (κ3) is 3.49. The highest BCUT2D eigenvalue weighted by molar-refractivity contribution is 4.57. The summed E-state index contributed by atoms with van der Waals surface area (Å²) in [5, 5.41) is 9.08. The van der Waals surface area contributed by atoms with E-state index in [0.29, 0.717) is 0 Å². The first kappa shape index (κ1) is 9.92. The molecular formula is C8H17NO3. The van der Waals surface area contributed by atoms with Crippen molar-refractivity contribution in [3.05, 3.63) is 0 Å². The van der Waals surface area contributed by atoms with Gasteiger partial charge in [0.15, 0.2) is 6.29 Å². The second-order valence-corrected chi connectivity index (χ2v) is 3.02. The largest absolute Gasteiger partial charge is 0.389 e. The predicted octanol–water partition coefficient (Wildman–Crippen LogP) is -0.151. The van der Waals surface area contributed by atoms with E-state index in [1.807, 2.05) is 0 Å². The van der Waals surface area contributed by atoms with Crippen LogP contribution >= 0.6 is 0 Å². The molecule has 4 heteroatoms. The van der Waals surface area contributed by atoms with E-state index in [2.05, 4.69) is 0 Å². The standard InChI is InChI=1S/C8H17NO3/c9-5-7(10)6-12-8-3-1-2-4-11-8/h7-8,10H,1-6,9H2. The van der Waals surface area contributed by atoms with Crippen LogP contribution in [0, 0.1) is 0 Å². The average molecular weight is 175 g/mol. The van der Waals surface area contributed by atoms with Crippen molar-refractivity contribution in [2.45, 2.75) is 31.7 Å². The fourth-order valence-corrected chi connectivity index (χ4v) is 1.13. The fourth-order valence-electron chi connectivity index (χ4n) is 1.13. The summed E-state index contributed by atoms with van der Waals surface area (Å²) in [6, 6.07) is 0. The number of aliphatic hydroxyl groups is 1. The molecule has 1 heterocycles. The van der Waals surface area contributed by atoms with Gasteiger partial charge in [0, 0.05) is 13.2 Å². The summed E-state index contributed by atoms with van der Waals surface area (Å²) in [4.78, 5) is 0. The normalized spacial score (nSPS) is 27.0. The Hall–Kier alpha value is -0.160. The third-order valence-corrected chi connectivity index (χ3v) is 1.88. The van der Waals surface area contributed by atoms with E-state index in [-0.39, 0.29) is 19.4 Å². The van der Waals surface area contributed by atoms with Crippen LogP contribution in [-0.2, 0) is 9.47 Å². The van der Waals surface area contributed by atoms with Gasteiger partial charge in [-0.1, -0.05) is 0 Å². The van der Waals surface area contributed by atoms with Crippen LogP contribution in [0.2, 0.25) is 0 Å². The van der Waals surface area contributed by atoms with Gasteiger partial charge in [0.25, 0.3) is 0 Å². The maximum Gasteiger partial charge on any atom is 0.157 e. The second-order valence-electron chi connectivity index (χ2n) is 3.02. The van der Waals surface area contributed by atoms with E-state index < -0.39 is 6.10 Å². The van der Waals surface area contributed by atoms with Crippen LogP contribution in [0.4, 0.5) is 0 Å². The molecule has 1 fully saturated rings. The summed E-state index contributed by atoms with van der Waals surface area (Å²) < 4.78 is 10.6. The van der Waals surface area contributed by atoms with Gasteiger partial charge in [-0.25, -0.2) is 0 Å². The molecule has 0 aromatic heterocycles. The van der Waals surface area contributed by atoms with Gasteiger partial charge in [-0.05, 0) is 19.3 Å². The predicted molar refractivity (Wildman–Crippen MR) is 44.6 cm³/mol. The van der Waals surface area contributed by atoms with E-state index in [1.165, 1.54) is 0 Å². The minimum atomic E-state index is -0.560. The monoisotopic (exact) mass is 175 g/mol. The summed E-state index contributed by atoms with van der Waals surface area (Å²) in [7, 11) is 0. The molecular weight excluding hydrogens is 158 g/mol. The molecule has 2 atom stereocenters. The van der Waals surface area contributed by atoms with Gasteiger partial charge in [-0.2, -0.15) is 0 Å². The van der Waals surface area contributed by atoms with Gasteiger partial charge < -0.3 is 20.3 Å². The Morgan fingerprint density at radius 1 is 1.58 bits per heavy atom. The molecule has 4 nitrogen and oxygen atoms in total. The Morgan fingerprint density at radius 3 is 3.00 bits per heavy atom. The molecule has 0 aromatic rings. The van der Waals surface area contributed by atoms with Gasteiger partial charge in [0.05, 0.1) is 12.7 Å². The molecule has 1 aliphatic heterocycles. The van der Waals surface area contributed by atoms with Crippen LogP contribution in [0.15, 0.2) is 0 Å². The van der Waals surface area contributed by atoms with Crippen molar-refractivity contribution in [3.8, 4) is 0 Å². The van der Waals surface area contributed by atoms with Crippen molar-refractivity contribution in [2.24, 2.45) is 5.73 Å². The smallest absolute Gasteiger partial charge is 0.157 e. The number of nitrogens with two attached hydrogens (primary N) is 1. The number of rotatable bonds is 4. The maximum atomic E-state index is 9.08. The Labute approximate surface area is 72.6 Å². The second kappa shape index (κ2) is 5.48. The zero-order chi connectivity index (χ0) is 8.81. The number of hydrogen-bond donors (Lipinski definition) is 2. The van der Waals surface area contributed by atoms with Crippen molar-refractivity contribution >= 4 is 0 Å². The Kier molecular flexibility index (Phi) is 4.53. The van der Waals surface area contributed by atoms with Crippen LogP contribution in [0.3, 0.4) is 0 Å². The molecule has 1 rings (SSSR count). The van der Waals surface area contributed by atoms with E-state index in [9.17, 15) is 0 Å². The molecule has 1 saturated heterocycles. The lowest BCUT2D eigenvalue weighted by Crippen LogP contribution is -2.30. The van der Waals surface area contributed by atoms with Crippen LogP contribution < -0.4 is 5.73 Å². The number of aliphatic hydroxyl groups excluding tert-OH is 1. The molecule has 0 spiro atoms. The molecule has 0 saturated carbocycles. The van der Waals surface area contributed by atoms with Gasteiger partial charge in [-0.15, -0.1) is 0 Å².